The summed E-state index contributed by atoms with van der Waals surface area (Å²) in [7, 11) is 3.47. The van der Waals surface area contributed by atoms with Crippen molar-refractivity contribution in [1.29, 1.82) is 0 Å². The molecular formula is C32H45FN4O5. The van der Waals surface area contributed by atoms with Gasteiger partial charge in [-0.1, -0.05) is 6.92 Å². The Morgan fingerprint density at radius 2 is 1.88 bits per heavy atom. The highest BCUT2D eigenvalue weighted by Gasteiger charge is 2.33. The number of aldehydes is 1. The van der Waals surface area contributed by atoms with Crippen LogP contribution < -0.4 is 15.4 Å². The van der Waals surface area contributed by atoms with Gasteiger partial charge < -0.3 is 34.5 Å². The van der Waals surface area contributed by atoms with Crippen molar-refractivity contribution in [2.24, 2.45) is 4.99 Å². The highest BCUT2D eigenvalue weighted by molar-refractivity contribution is 5.88. The molecular weight excluding hydrogens is 539 g/mol. The van der Waals surface area contributed by atoms with Crippen LogP contribution in [-0.4, -0.2) is 76.0 Å². The minimum atomic E-state index is -0.386. The van der Waals surface area contributed by atoms with E-state index < -0.39 is 0 Å². The fourth-order valence-corrected chi connectivity index (χ4v) is 4.31. The van der Waals surface area contributed by atoms with Crippen LogP contribution in [0.3, 0.4) is 0 Å². The van der Waals surface area contributed by atoms with E-state index in [2.05, 4.69) is 15.6 Å². The van der Waals surface area contributed by atoms with E-state index in [0.29, 0.717) is 62.0 Å². The maximum Gasteiger partial charge on any atom is 0.230 e. The molecule has 0 saturated carbocycles. The fraction of sp³-hybridized carbons (Fsp3) is 0.469. The predicted octanol–water partition coefficient (Wildman–Crippen LogP) is 6.08. The van der Waals surface area contributed by atoms with Crippen molar-refractivity contribution in [2.75, 3.05) is 57.8 Å². The van der Waals surface area contributed by atoms with Crippen molar-refractivity contribution in [1.82, 2.24) is 4.90 Å². The second-order valence-corrected chi connectivity index (χ2v) is 10.3. The Morgan fingerprint density at radius 3 is 2.45 bits per heavy atom. The molecule has 0 aliphatic carbocycles. The zero-order chi connectivity index (χ0) is 31.1. The average Bonchev–Trinajstić information content (AvgIpc) is 2.97. The van der Waals surface area contributed by atoms with Gasteiger partial charge in [0.25, 0.3) is 0 Å². The van der Waals surface area contributed by atoms with Crippen LogP contribution in [0.25, 0.3) is 5.70 Å². The van der Waals surface area contributed by atoms with Crippen LogP contribution in [0, 0.1) is 5.82 Å². The Balaban J connectivity index is 0.000000395. The summed E-state index contributed by atoms with van der Waals surface area (Å²) in [4.78, 5) is 27.8. The van der Waals surface area contributed by atoms with E-state index >= 15 is 4.39 Å². The molecule has 1 aliphatic heterocycles. The first-order valence-corrected chi connectivity index (χ1v) is 14.1. The van der Waals surface area contributed by atoms with Gasteiger partial charge in [-0.25, -0.2) is 4.39 Å². The van der Waals surface area contributed by atoms with Crippen molar-refractivity contribution in [2.45, 2.75) is 53.0 Å². The van der Waals surface area contributed by atoms with Crippen LogP contribution in [0.4, 0.5) is 21.5 Å². The number of nitrogens with zero attached hydrogens (tertiary/aromatic N) is 2. The van der Waals surface area contributed by atoms with Crippen LogP contribution in [0.2, 0.25) is 0 Å². The zero-order valence-electron chi connectivity index (χ0n) is 25.9. The largest absolute Gasteiger partial charge is 0.491 e. The number of anilines is 2. The van der Waals surface area contributed by atoms with Crippen LogP contribution in [-0.2, 0) is 19.1 Å². The molecule has 1 fully saturated rings. The lowest BCUT2D eigenvalue weighted by Gasteiger charge is -2.41. The highest BCUT2D eigenvalue weighted by Crippen LogP contribution is 2.36. The molecule has 2 N–H and O–H groups in total. The number of benzene rings is 2. The molecule has 2 aromatic rings. The molecule has 0 radical (unpaired) electrons. The molecule has 230 valence electrons. The number of morpholine rings is 1. The van der Waals surface area contributed by atoms with Crippen molar-refractivity contribution in [3.05, 3.63) is 53.4 Å². The lowest BCUT2D eigenvalue weighted by molar-refractivity contribution is -0.146. The summed E-state index contributed by atoms with van der Waals surface area (Å²) in [5.74, 6) is -0.0678. The van der Waals surface area contributed by atoms with Crippen LogP contribution in [0.1, 0.15) is 53.0 Å². The molecule has 1 aliphatic rings. The topological polar surface area (TPSA) is 101 Å². The zero-order valence-corrected chi connectivity index (χ0v) is 25.9. The third-order valence-electron chi connectivity index (χ3n) is 6.72. The van der Waals surface area contributed by atoms with Crippen LogP contribution in [0.15, 0.2) is 47.0 Å². The maximum absolute atomic E-state index is 15.2. The third kappa shape index (κ3) is 9.95. The lowest BCUT2D eigenvalue weighted by Crippen LogP contribution is -2.55. The predicted molar refractivity (Wildman–Crippen MR) is 167 cm³/mol. The molecule has 0 spiro atoms. The Kier molecular flexibility index (Phi) is 14.1. The number of allylic oxidation sites excluding steroid dienone is 1. The molecule has 0 atom stereocenters. The molecule has 1 saturated heterocycles. The smallest absolute Gasteiger partial charge is 0.230 e. The normalized spacial score (nSPS) is 14.9. The first-order chi connectivity index (χ1) is 20.1. The summed E-state index contributed by atoms with van der Waals surface area (Å²) in [5, 5.41) is 6.48. The summed E-state index contributed by atoms with van der Waals surface area (Å²) in [5.41, 5.74) is 4.29. The Morgan fingerprint density at radius 1 is 1.19 bits per heavy atom. The van der Waals surface area contributed by atoms with Crippen LogP contribution >= 0.6 is 0 Å². The average molecular weight is 585 g/mol. The van der Waals surface area contributed by atoms with Gasteiger partial charge in [-0.2, -0.15) is 0 Å². The number of rotatable bonds is 12. The van der Waals surface area contributed by atoms with Crippen molar-refractivity contribution in [3.63, 3.8) is 0 Å². The number of hydrogen-bond acceptors (Lipinski definition) is 8. The number of carbonyl (C=O) groups is 2. The molecule has 42 heavy (non-hydrogen) atoms. The van der Waals surface area contributed by atoms with E-state index in [9.17, 15) is 9.59 Å². The van der Waals surface area contributed by atoms with Gasteiger partial charge in [0, 0.05) is 56.1 Å². The monoisotopic (exact) mass is 584 g/mol. The summed E-state index contributed by atoms with van der Waals surface area (Å²) in [6, 6.07) is 11.0. The first-order valence-electron chi connectivity index (χ1n) is 14.1. The molecule has 0 unspecified atom stereocenters. The van der Waals surface area contributed by atoms with Gasteiger partial charge in [-0.15, -0.1) is 0 Å². The van der Waals surface area contributed by atoms with E-state index in [1.165, 1.54) is 6.07 Å². The van der Waals surface area contributed by atoms with Crippen LogP contribution in [0.5, 0.6) is 5.75 Å². The SMILES string of the molecule is CC1(C)COCCN1C(=O)CC=O.CC=Nc1cc(OCCOC)cc(F)c1C(Nc1ccc(NC)cc1)=C(C)CC. The molecule has 10 heteroatoms. The fourth-order valence-electron chi connectivity index (χ4n) is 4.31. The number of ether oxygens (including phenoxy) is 3. The maximum atomic E-state index is 15.2. The second-order valence-electron chi connectivity index (χ2n) is 10.3. The number of hydrogen-bond donors (Lipinski definition) is 2. The summed E-state index contributed by atoms with van der Waals surface area (Å²) >= 11 is 0. The number of aliphatic imine (C=N–C) groups is 1. The molecule has 9 nitrogen and oxygen atoms in total. The minimum absolute atomic E-state index is 0.0244. The molecule has 0 aromatic heterocycles. The quantitative estimate of drug-likeness (QED) is 0.135. The second kappa shape index (κ2) is 17.3. The highest BCUT2D eigenvalue weighted by atomic mass is 19.1. The Hall–Kier alpha value is -3.76. The van der Waals surface area contributed by atoms with Gasteiger partial charge in [0.2, 0.25) is 5.91 Å². The van der Waals surface area contributed by atoms with Gasteiger partial charge in [0.1, 0.15) is 24.5 Å². The molecule has 2 aromatic carbocycles. The summed E-state index contributed by atoms with van der Waals surface area (Å²) in [6.45, 7) is 12.2. The summed E-state index contributed by atoms with van der Waals surface area (Å²) < 4.78 is 31.1. The van der Waals surface area contributed by atoms with Crippen molar-refractivity contribution in [3.8, 4) is 5.75 Å². The van der Waals surface area contributed by atoms with Crippen molar-refractivity contribution >= 4 is 41.2 Å². The molecule has 0 bridgehead atoms. The van der Waals surface area contributed by atoms with Gasteiger partial charge in [0.15, 0.2) is 0 Å². The van der Waals surface area contributed by atoms with E-state index in [0.717, 1.165) is 23.4 Å². The minimum Gasteiger partial charge on any atom is -0.491 e. The van der Waals surface area contributed by atoms with Gasteiger partial charge in [-0.3, -0.25) is 9.79 Å². The molecule has 1 heterocycles. The third-order valence-corrected chi connectivity index (χ3v) is 6.72. The first kappa shape index (κ1) is 34.4. The Labute approximate surface area is 249 Å². The molecule has 1 amide bonds. The van der Waals surface area contributed by atoms with Gasteiger partial charge >= 0.3 is 0 Å². The Bertz CT molecular complexity index is 1230. The number of halogens is 1. The molecule has 3 rings (SSSR count). The summed E-state index contributed by atoms with van der Waals surface area (Å²) in [6.07, 6.45) is 3.05. The lowest BCUT2D eigenvalue weighted by atomic mass is 10.0. The van der Waals surface area contributed by atoms with Crippen molar-refractivity contribution < 1.29 is 28.2 Å². The van der Waals surface area contributed by atoms with Gasteiger partial charge in [0.05, 0.1) is 43.0 Å². The van der Waals surface area contributed by atoms with E-state index in [-0.39, 0.29) is 23.7 Å². The van der Waals surface area contributed by atoms with Gasteiger partial charge in [-0.05, 0) is 64.0 Å². The number of methoxy groups -OCH3 is 1. The number of amides is 1. The standard InChI is InChI=1S/C23H30FN3O2.C9H15NO3/c1-6-16(3)23(27-18-10-8-17(25-4)9-11-18)22-20(24)14-19(29-13-12-28-5)15-21(22)26-7-2;1-9(2)7-13-6-4-10(9)8(12)3-5-11/h7-11,14-15,25,27H,6,12-13H2,1-5H3;5H,3-4,6-7H2,1-2H3. The number of nitrogens with one attached hydrogen (secondary N) is 2. The van der Waals surface area contributed by atoms with E-state index in [1.54, 1.807) is 31.2 Å². The van der Waals surface area contributed by atoms with E-state index in [4.69, 9.17) is 14.2 Å². The number of carbonyl (C=O) groups excluding carboxylic acids is 2. The van der Waals surface area contributed by atoms with E-state index in [1.807, 2.05) is 59.0 Å².